The third-order valence-electron chi connectivity index (χ3n) is 2.56. The molecule has 0 aromatic heterocycles. The summed E-state index contributed by atoms with van der Waals surface area (Å²) >= 11 is 0. The number of benzene rings is 1. The molecule has 2 rings (SSSR count). The van der Waals surface area contributed by atoms with Crippen LogP contribution in [0.3, 0.4) is 0 Å². The highest BCUT2D eigenvalue weighted by molar-refractivity contribution is 5.50. The molecule has 1 saturated heterocycles. The molecule has 1 atom stereocenters. The first-order valence-corrected chi connectivity index (χ1v) is 4.66. The summed E-state index contributed by atoms with van der Waals surface area (Å²) in [7, 11) is 0. The van der Waals surface area contributed by atoms with Crippen molar-refractivity contribution in [2.45, 2.75) is 18.9 Å². The molecule has 76 valence electrons. The average Bonchev–Trinajstić information content (AvgIpc) is 2.63. The lowest BCUT2D eigenvalue weighted by atomic mass is 10.0. The lowest BCUT2D eigenvalue weighted by molar-refractivity contribution is 0.570. The van der Waals surface area contributed by atoms with Crippen molar-refractivity contribution in [3.63, 3.8) is 0 Å². The Kier molecular flexibility index (Phi) is 2.37. The molecule has 4 heteroatoms. The van der Waals surface area contributed by atoms with Gasteiger partial charge in [-0.2, -0.15) is 0 Å². The maximum absolute atomic E-state index is 13.1. The monoisotopic (exact) mass is 198 g/mol. The normalized spacial score (nSPS) is 21.4. The topological polar surface area (TPSA) is 38.0 Å². The summed E-state index contributed by atoms with van der Waals surface area (Å²) in [5.41, 5.74) is 6.15. The van der Waals surface area contributed by atoms with Crippen LogP contribution in [0, 0.1) is 11.6 Å². The van der Waals surface area contributed by atoms with Gasteiger partial charge >= 0.3 is 0 Å². The summed E-state index contributed by atoms with van der Waals surface area (Å²) in [5, 5.41) is 3.15. The lowest BCUT2D eigenvalue weighted by Gasteiger charge is -2.13. The van der Waals surface area contributed by atoms with E-state index in [0.29, 0.717) is 5.56 Å². The Morgan fingerprint density at radius 2 is 2.14 bits per heavy atom. The molecule has 0 saturated carbocycles. The van der Waals surface area contributed by atoms with Gasteiger partial charge in [0.2, 0.25) is 0 Å². The van der Waals surface area contributed by atoms with Crippen LogP contribution in [0.1, 0.15) is 24.4 Å². The van der Waals surface area contributed by atoms with Gasteiger partial charge in [-0.05, 0) is 31.0 Å². The second-order valence-corrected chi connectivity index (χ2v) is 3.54. The first kappa shape index (κ1) is 9.40. The standard InChI is InChI=1S/C10H12F2N2/c11-6-4-7(9-2-1-3-14-9)10(13)8(12)5-6/h4-5,9,14H,1-3,13H2. The highest BCUT2D eigenvalue weighted by atomic mass is 19.1. The molecule has 1 unspecified atom stereocenters. The molecule has 1 aliphatic rings. The number of halogens is 2. The van der Waals surface area contributed by atoms with Gasteiger partial charge < -0.3 is 11.1 Å². The van der Waals surface area contributed by atoms with Gasteiger partial charge in [-0.3, -0.25) is 0 Å². The van der Waals surface area contributed by atoms with E-state index in [1.807, 2.05) is 0 Å². The smallest absolute Gasteiger partial charge is 0.149 e. The molecule has 1 fully saturated rings. The minimum atomic E-state index is -0.672. The van der Waals surface area contributed by atoms with Crippen molar-refractivity contribution in [2.24, 2.45) is 0 Å². The van der Waals surface area contributed by atoms with Gasteiger partial charge in [0.05, 0.1) is 5.69 Å². The van der Waals surface area contributed by atoms with E-state index in [0.717, 1.165) is 25.5 Å². The third-order valence-corrected chi connectivity index (χ3v) is 2.56. The molecule has 0 aliphatic carbocycles. The number of nitrogens with two attached hydrogens (primary N) is 1. The van der Waals surface area contributed by atoms with Crippen molar-refractivity contribution >= 4 is 5.69 Å². The van der Waals surface area contributed by atoms with Crippen LogP contribution in [0.25, 0.3) is 0 Å². The maximum Gasteiger partial charge on any atom is 0.149 e. The van der Waals surface area contributed by atoms with Gasteiger partial charge in [0.25, 0.3) is 0 Å². The molecule has 1 aromatic rings. The van der Waals surface area contributed by atoms with Crippen LogP contribution in [0.15, 0.2) is 12.1 Å². The van der Waals surface area contributed by atoms with E-state index >= 15 is 0 Å². The quantitative estimate of drug-likeness (QED) is 0.677. The van der Waals surface area contributed by atoms with E-state index in [4.69, 9.17) is 5.73 Å². The molecular weight excluding hydrogens is 186 g/mol. The van der Waals surface area contributed by atoms with Crippen LogP contribution >= 0.6 is 0 Å². The number of hydrogen-bond donors (Lipinski definition) is 2. The van der Waals surface area contributed by atoms with Crippen LogP contribution < -0.4 is 11.1 Å². The van der Waals surface area contributed by atoms with Crippen LogP contribution in [-0.4, -0.2) is 6.54 Å². The van der Waals surface area contributed by atoms with Crippen LogP contribution in [0.5, 0.6) is 0 Å². The molecule has 0 spiro atoms. The summed E-state index contributed by atoms with van der Waals surface area (Å²) < 4.78 is 26.0. The van der Waals surface area contributed by atoms with Gasteiger partial charge in [-0.25, -0.2) is 8.78 Å². The zero-order valence-electron chi connectivity index (χ0n) is 7.69. The maximum atomic E-state index is 13.1. The van der Waals surface area contributed by atoms with Gasteiger partial charge in [-0.15, -0.1) is 0 Å². The van der Waals surface area contributed by atoms with Gasteiger partial charge in [0.15, 0.2) is 0 Å². The Bertz CT molecular complexity index is 346. The van der Waals surface area contributed by atoms with Crippen LogP contribution in [0.4, 0.5) is 14.5 Å². The minimum absolute atomic E-state index is 0.000185. The fourth-order valence-corrected chi connectivity index (χ4v) is 1.84. The van der Waals surface area contributed by atoms with Crippen molar-refractivity contribution in [3.05, 3.63) is 29.3 Å². The minimum Gasteiger partial charge on any atom is -0.396 e. The highest BCUT2D eigenvalue weighted by Gasteiger charge is 2.20. The predicted octanol–water partition coefficient (Wildman–Crippen LogP) is 1.97. The number of rotatable bonds is 1. The highest BCUT2D eigenvalue weighted by Crippen LogP contribution is 2.29. The first-order chi connectivity index (χ1) is 6.68. The summed E-state index contributed by atoms with van der Waals surface area (Å²) in [6, 6.07) is 2.12. The Morgan fingerprint density at radius 1 is 1.36 bits per heavy atom. The fraction of sp³-hybridized carbons (Fsp3) is 0.400. The van der Waals surface area contributed by atoms with Crippen molar-refractivity contribution in [3.8, 4) is 0 Å². The zero-order chi connectivity index (χ0) is 10.1. The van der Waals surface area contributed by atoms with E-state index in [2.05, 4.69) is 5.32 Å². The van der Waals surface area contributed by atoms with Crippen molar-refractivity contribution in [1.82, 2.24) is 5.32 Å². The van der Waals surface area contributed by atoms with Gasteiger partial charge in [0.1, 0.15) is 11.6 Å². The molecule has 3 N–H and O–H groups in total. The largest absolute Gasteiger partial charge is 0.396 e. The fourth-order valence-electron chi connectivity index (χ4n) is 1.84. The zero-order valence-corrected chi connectivity index (χ0v) is 7.69. The van der Waals surface area contributed by atoms with Gasteiger partial charge in [0, 0.05) is 12.1 Å². The van der Waals surface area contributed by atoms with E-state index < -0.39 is 11.6 Å². The van der Waals surface area contributed by atoms with Crippen molar-refractivity contribution in [1.29, 1.82) is 0 Å². The summed E-state index contributed by atoms with van der Waals surface area (Å²) in [6.45, 7) is 0.877. The molecular formula is C10H12F2N2. The number of nitrogen functional groups attached to an aromatic ring is 1. The molecule has 14 heavy (non-hydrogen) atoms. The third kappa shape index (κ3) is 1.57. The Balaban J connectivity index is 2.40. The van der Waals surface area contributed by atoms with Crippen LogP contribution in [0.2, 0.25) is 0 Å². The van der Waals surface area contributed by atoms with Crippen LogP contribution in [-0.2, 0) is 0 Å². The summed E-state index contributed by atoms with van der Waals surface area (Å²) in [5.74, 6) is -1.24. The second kappa shape index (κ2) is 3.53. The van der Waals surface area contributed by atoms with E-state index in [9.17, 15) is 8.78 Å². The van der Waals surface area contributed by atoms with E-state index in [1.165, 1.54) is 6.07 Å². The van der Waals surface area contributed by atoms with E-state index in [-0.39, 0.29) is 11.7 Å². The Morgan fingerprint density at radius 3 is 2.79 bits per heavy atom. The predicted molar refractivity (Wildman–Crippen MR) is 50.7 cm³/mol. The molecule has 2 nitrogen and oxygen atoms in total. The second-order valence-electron chi connectivity index (χ2n) is 3.54. The summed E-state index contributed by atoms with van der Waals surface area (Å²) in [4.78, 5) is 0. The molecule has 0 amide bonds. The SMILES string of the molecule is Nc1c(F)cc(F)cc1C1CCCN1. The van der Waals surface area contributed by atoms with Crippen molar-refractivity contribution < 1.29 is 8.78 Å². The first-order valence-electron chi connectivity index (χ1n) is 4.66. The molecule has 1 heterocycles. The summed E-state index contributed by atoms with van der Waals surface area (Å²) in [6.07, 6.45) is 1.90. The van der Waals surface area contributed by atoms with Gasteiger partial charge in [-0.1, -0.05) is 0 Å². The Labute approximate surface area is 81.1 Å². The average molecular weight is 198 g/mol. The number of nitrogens with one attached hydrogen (secondary N) is 1. The number of anilines is 1. The lowest BCUT2D eigenvalue weighted by Crippen LogP contribution is -2.15. The molecule has 0 radical (unpaired) electrons. The molecule has 1 aromatic carbocycles. The molecule has 0 bridgehead atoms. The molecule has 1 aliphatic heterocycles. The van der Waals surface area contributed by atoms with E-state index in [1.54, 1.807) is 0 Å². The van der Waals surface area contributed by atoms with Crippen molar-refractivity contribution in [2.75, 3.05) is 12.3 Å². The Hall–Kier alpha value is -1.16. The number of hydrogen-bond acceptors (Lipinski definition) is 2.